The predicted octanol–water partition coefficient (Wildman–Crippen LogP) is 5.48. The van der Waals surface area contributed by atoms with Gasteiger partial charge < -0.3 is 10.2 Å². The normalized spacial score (nSPS) is 12.9. The van der Waals surface area contributed by atoms with E-state index in [0.717, 1.165) is 27.4 Å². The van der Waals surface area contributed by atoms with Crippen LogP contribution in [0.3, 0.4) is 0 Å². The Bertz CT molecular complexity index is 1380. The molecule has 0 saturated heterocycles. The standard InChI is InChI=1S/C30H36ClN3O4S/c1-6-23(4)32-30(36)24(5)33(19-25-11-7-21(2)8-12-25)29(35)20-34(27-15-13-26(31)14-16-27)39(37,38)28-17-9-22(3)10-18-28/h7-18,23-24H,6,19-20H2,1-5H3,(H,32,36)/t23-,24-/m0/s1. The quantitative estimate of drug-likeness (QED) is 0.331. The number of benzene rings is 3. The Morgan fingerprint density at radius 2 is 1.41 bits per heavy atom. The lowest BCUT2D eigenvalue weighted by Crippen LogP contribution is -2.52. The third kappa shape index (κ3) is 7.83. The SMILES string of the molecule is CC[C@H](C)NC(=O)[C@H](C)N(Cc1ccc(C)cc1)C(=O)CN(c1ccc(Cl)cc1)S(=O)(=O)c1ccc(C)cc1. The molecule has 0 aliphatic carbocycles. The van der Waals surface area contributed by atoms with Crippen LogP contribution in [0, 0.1) is 13.8 Å². The summed E-state index contributed by atoms with van der Waals surface area (Å²) in [5, 5.41) is 3.37. The average Bonchev–Trinajstić information content (AvgIpc) is 2.91. The summed E-state index contributed by atoms with van der Waals surface area (Å²) in [6.07, 6.45) is 0.740. The number of carbonyl (C=O) groups is 2. The average molecular weight is 570 g/mol. The monoisotopic (exact) mass is 569 g/mol. The molecular weight excluding hydrogens is 534 g/mol. The van der Waals surface area contributed by atoms with E-state index in [0.29, 0.717) is 10.7 Å². The molecule has 0 bridgehead atoms. The van der Waals surface area contributed by atoms with E-state index < -0.39 is 28.5 Å². The van der Waals surface area contributed by atoms with E-state index in [2.05, 4.69) is 5.32 Å². The molecule has 0 aliphatic heterocycles. The molecule has 0 spiro atoms. The van der Waals surface area contributed by atoms with Crippen molar-refractivity contribution in [1.29, 1.82) is 0 Å². The van der Waals surface area contributed by atoms with Gasteiger partial charge in [0.05, 0.1) is 10.6 Å². The molecule has 0 fully saturated rings. The van der Waals surface area contributed by atoms with Gasteiger partial charge in [-0.1, -0.05) is 66.0 Å². The number of amides is 2. The van der Waals surface area contributed by atoms with E-state index in [9.17, 15) is 18.0 Å². The largest absolute Gasteiger partial charge is 0.352 e. The highest BCUT2D eigenvalue weighted by Gasteiger charge is 2.32. The molecule has 208 valence electrons. The van der Waals surface area contributed by atoms with Gasteiger partial charge in [0.25, 0.3) is 10.0 Å². The lowest BCUT2D eigenvalue weighted by atomic mass is 10.1. The Labute approximate surface area is 236 Å². The number of hydrogen-bond acceptors (Lipinski definition) is 4. The maximum atomic E-state index is 13.9. The first-order valence-corrected chi connectivity index (χ1v) is 14.7. The lowest BCUT2D eigenvalue weighted by molar-refractivity contribution is -0.139. The molecule has 3 aromatic rings. The predicted molar refractivity (Wildman–Crippen MR) is 156 cm³/mol. The highest BCUT2D eigenvalue weighted by Crippen LogP contribution is 2.26. The van der Waals surface area contributed by atoms with E-state index in [4.69, 9.17) is 11.6 Å². The van der Waals surface area contributed by atoms with E-state index >= 15 is 0 Å². The number of nitrogens with one attached hydrogen (secondary N) is 1. The van der Waals surface area contributed by atoms with Crippen LogP contribution in [0.15, 0.2) is 77.7 Å². The summed E-state index contributed by atoms with van der Waals surface area (Å²) in [5.41, 5.74) is 3.10. The van der Waals surface area contributed by atoms with Crippen molar-refractivity contribution < 1.29 is 18.0 Å². The van der Waals surface area contributed by atoms with Gasteiger partial charge in [0.2, 0.25) is 11.8 Å². The highest BCUT2D eigenvalue weighted by molar-refractivity contribution is 7.92. The molecule has 39 heavy (non-hydrogen) atoms. The van der Waals surface area contributed by atoms with Gasteiger partial charge in [0, 0.05) is 17.6 Å². The van der Waals surface area contributed by atoms with Crippen LogP contribution in [-0.2, 0) is 26.2 Å². The maximum Gasteiger partial charge on any atom is 0.264 e. The molecule has 0 aliphatic rings. The molecule has 3 rings (SSSR count). The number of nitrogens with zero attached hydrogens (tertiary/aromatic N) is 2. The van der Waals surface area contributed by atoms with Gasteiger partial charge in [-0.3, -0.25) is 13.9 Å². The molecular formula is C30H36ClN3O4S. The van der Waals surface area contributed by atoms with E-state index in [1.165, 1.54) is 17.0 Å². The van der Waals surface area contributed by atoms with Crippen molar-refractivity contribution in [3.63, 3.8) is 0 Å². The number of rotatable bonds is 11. The molecule has 0 radical (unpaired) electrons. The Balaban J connectivity index is 2.01. The minimum atomic E-state index is -4.12. The van der Waals surface area contributed by atoms with Crippen molar-refractivity contribution in [3.8, 4) is 0 Å². The minimum absolute atomic E-state index is 0.0588. The van der Waals surface area contributed by atoms with Crippen molar-refractivity contribution in [3.05, 3.63) is 94.5 Å². The fourth-order valence-electron chi connectivity index (χ4n) is 3.91. The summed E-state index contributed by atoms with van der Waals surface area (Å²) in [6.45, 7) is 9.00. The number of aryl methyl sites for hydroxylation is 2. The molecule has 1 N–H and O–H groups in total. The molecule has 0 unspecified atom stereocenters. The van der Waals surface area contributed by atoms with Crippen LogP contribution in [0.4, 0.5) is 5.69 Å². The van der Waals surface area contributed by atoms with Crippen molar-refractivity contribution in [2.75, 3.05) is 10.8 Å². The Hall–Kier alpha value is -3.36. The second-order valence-corrected chi connectivity index (χ2v) is 12.1. The van der Waals surface area contributed by atoms with Crippen molar-refractivity contribution in [1.82, 2.24) is 10.2 Å². The van der Waals surface area contributed by atoms with Crippen molar-refractivity contribution in [2.45, 2.75) is 64.6 Å². The summed E-state index contributed by atoms with van der Waals surface area (Å²) in [4.78, 5) is 28.5. The fourth-order valence-corrected chi connectivity index (χ4v) is 5.45. The van der Waals surface area contributed by atoms with Crippen molar-refractivity contribution >= 4 is 39.1 Å². The molecule has 3 aromatic carbocycles. The molecule has 7 nitrogen and oxygen atoms in total. The second kappa shape index (κ2) is 13.1. The second-order valence-electron chi connectivity index (χ2n) is 9.80. The van der Waals surface area contributed by atoms with Gasteiger partial charge in [0.1, 0.15) is 12.6 Å². The summed E-state index contributed by atoms with van der Waals surface area (Å²) in [7, 11) is -4.12. The molecule has 0 aromatic heterocycles. The highest BCUT2D eigenvalue weighted by atomic mass is 35.5. The van der Waals surface area contributed by atoms with Gasteiger partial charge in [0.15, 0.2) is 0 Å². The van der Waals surface area contributed by atoms with Crippen LogP contribution in [0.5, 0.6) is 0 Å². The first kappa shape index (κ1) is 30.2. The Morgan fingerprint density at radius 3 is 1.95 bits per heavy atom. The zero-order valence-electron chi connectivity index (χ0n) is 23.0. The lowest BCUT2D eigenvalue weighted by Gasteiger charge is -2.32. The zero-order valence-corrected chi connectivity index (χ0v) is 24.6. The topological polar surface area (TPSA) is 86.8 Å². The van der Waals surface area contributed by atoms with Crippen LogP contribution in [-0.4, -0.2) is 43.8 Å². The van der Waals surface area contributed by atoms with Crippen LogP contribution in [0.25, 0.3) is 0 Å². The fraction of sp³-hybridized carbons (Fsp3) is 0.333. The van der Waals surface area contributed by atoms with Gasteiger partial charge in [-0.05, 0) is 76.1 Å². The van der Waals surface area contributed by atoms with Gasteiger partial charge >= 0.3 is 0 Å². The number of sulfonamides is 1. The van der Waals surface area contributed by atoms with E-state index in [-0.39, 0.29) is 23.4 Å². The Kier molecular flexibility index (Phi) is 10.2. The summed E-state index contributed by atoms with van der Waals surface area (Å²) in [5.74, 6) is -0.808. The molecule has 2 atom stereocenters. The Morgan fingerprint density at radius 1 is 0.872 bits per heavy atom. The van der Waals surface area contributed by atoms with Gasteiger partial charge in [-0.2, -0.15) is 0 Å². The number of carbonyl (C=O) groups excluding carboxylic acids is 2. The third-order valence-electron chi connectivity index (χ3n) is 6.64. The van der Waals surface area contributed by atoms with Crippen LogP contribution < -0.4 is 9.62 Å². The maximum absolute atomic E-state index is 13.9. The number of halogens is 1. The van der Waals surface area contributed by atoms with Crippen LogP contribution in [0.1, 0.15) is 43.9 Å². The number of anilines is 1. The van der Waals surface area contributed by atoms with E-state index in [1.54, 1.807) is 43.3 Å². The summed E-state index contributed by atoms with van der Waals surface area (Å²) in [6, 6.07) is 19.5. The third-order valence-corrected chi connectivity index (χ3v) is 8.68. The first-order valence-electron chi connectivity index (χ1n) is 12.9. The molecule has 0 saturated carbocycles. The van der Waals surface area contributed by atoms with Crippen LogP contribution >= 0.6 is 11.6 Å². The number of hydrogen-bond donors (Lipinski definition) is 1. The van der Waals surface area contributed by atoms with Gasteiger partial charge in [-0.25, -0.2) is 8.42 Å². The summed E-state index contributed by atoms with van der Waals surface area (Å²) >= 11 is 6.06. The smallest absolute Gasteiger partial charge is 0.264 e. The summed E-state index contributed by atoms with van der Waals surface area (Å²) < 4.78 is 28.7. The van der Waals surface area contributed by atoms with Gasteiger partial charge in [-0.15, -0.1) is 0 Å². The molecule has 9 heteroatoms. The van der Waals surface area contributed by atoms with Crippen molar-refractivity contribution in [2.24, 2.45) is 0 Å². The van der Waals surface area contributed by atoms with Crippen LogP contribution in [0.2, 0.25) is 5.02 Å². The zero-order chi connectivity index (χ0) is 28.7. The molecule has 2 amide bonds. The molecule has 0 heterocycles. The first-order chi connectivity index (χ1) is 18.4. The minimum Gasteiger partial charge on any atom is -0.352 e. The van der Waals surface area contributed by atoms with E-state index in [1.807, 2.05) is 52.0 Å².